The first kappa shape index (κ1) is 9.03. The minimum Gasteiger partial charge on any atom is -0.227 e. The molecular weight excluding hydrogens is 205 g/mol. The minimum atomic E-state index is -0.245. The second-order valence-corrected chi connectivity index (χ2v) is 3.46. The fourth-order valence-corrected chi connectivity index (χ4v) is 1.59. The van der Waals surface area contributed by atoms with Gasteiger partial charge in [-0.25, -0.2) is 13.9 Å². The Hall–Kier alpha value is -2.23. The Labute approximate surface area is 91.2 Å². The standard InChI is InChI=1S/C12H8FN3/c13-10-5-3-9(4-6-10)11-8-16-12(15-11)2-1-7-14-16/h1-8H. The number of hydrogen-bond donors (Lipinski definition) is 0. The molecule has 16 heavy (non-hydrogen) atoms. The summed E-state index contributed by atoms with van der Waals surface area (Å²) in [5.41, 5.74) is 2.45. The molecule has 0 aliphatic heterocycles. The molecule has 2 aromatic heterocycles. The van der Waals surface area contributed by atoms with Gasteiger partial charge in [0.1, 0.15) is 5.82 Å². The first-order valence-corrected chi connectivity index (χ1v) is 4.89. The zero-order valence-corrected chi connectivity index (χ0v) is 8.34. The summed E-state index contributed by atoms with van der Waals surface area (Å²) in [4.78, 5) is 4.39. The van der Waals surface area contributed by atoms with Crippen molar-refractivity contribution in [1.82, 2.24) is 14.6 Å². The van der Waals surface area contributed by atoms with Crippen LogP contribution in [0.2, 0.25) is 0 Å². The average Bonchev–Trinajstić information content (AvgIpc) is 2.73. The fraction of sp³-hybridized carbons (Fsp3) is 0. The number of fused-ring (bicyclic) bond motifs is 1. The third-order valence-electron chi connectivity index (χ3n) is 2.38. The van der Waals surface area contributed by atoms with Crippen LogP contribution >= 0.6 is 0 Å². The molecule has 0 atom stereocenters. The van der Waals surface area contributed by atoms with Crippen LogP contribution in [0, 0.1) is 5.82 Å². The Kier molecular flexibility index (Phi) is 1.93. The molecule has 0 saturated carbocycles. The van der Waals surface area contributed by atoms with Gasteiger partial charge in [0.2, 0.25) is 0 Å². The van der Waals surface area contributed by atoms with Crippen LogP contribution in [0.25, 0.3) is 16.9 Å². The average molecular weight is 213 g/mol. The predicted molar refractivity (Wildman–Crippen MR) is 58.4 cm³/mol. The van der Waals surface area contributed by atoms with E-state index in [1.165, 1.54) is 12.1 Å². The minimum absolute atomic E-state index is 0.245. The van der Waals surface area contributed by atoms with Gasteiger partial charge in [-0.2, -0.15) is 5.10 Å². The van der Waals surface area contributed by atoms with Crippen LogP contribution in [0.15, 0.2) is 48.8 Å². The molecule has 0 fully saturated rings. The van der Waals surface area contributed by atoms with Crippen molar-refractivity contribution >= 4 is 5.65 Å². The first-order chi connectivity index (χ1) is 7.83. The third kappa shape index (κ3) is 1.44. The number of benzene rings is 1. The van der Waals surface area contributed by atoms with Crippen LogP contribution in [0.1, 0.15) is 0 Å². The SMILES string of the molecule is Fc1ccc(-c2cn3ncccc3n2)cc1. The molecule has 3 aromatic rings. The lowest BCUT2D eigenvalue weighted by Crippen LogP contribution is -1.85. The van der Waals surface area contributed by atoms with E-state index in [0.29, 0.717) is 0 Å². The zero-order chi connectivity index (χ0) is 11.0. The highest BCUT2D eigenvalue weighted by molar-refractivity contribution is 5.61. The smallest absolute Gasteiger partial charge is 0.154 e. The molecule has 4 heteroatoms. The topological polar surface area (TPSA) is 30.2 Å². The number of aromatic nitrogens is 3. The molecule has 0 unspecified atom stereocenters. The van der Waals surface area contributed by atoms with Crippen LogP contribution < -0.4 is 0 Å². The quantitative estimate of drug-likeness (QED) is 0.621. The van der Waals surface area contributed by atoms with Gasteiger partial charge in [0.05, 0.1) is 11.9 Å². The lowest BCUT2D eigenvalue weighted by Gasteiger charge is -1.94. The lowest BCUT2D eigenvalue weighted by molar-refractivity contribution is 0.628. The first-order valence-electron chi connectivity index (χ1n) is 4.89. The molecule has 0 aliphatic carbocycles. The normalized spacial score (nSPS) is 10.8. The molecule has 0 saturated heterocycles. The van der Waals surface area contributed by atoms with Gasteiger partial charge in [0.15, 0.2) is 5.65 Å². The molecule has 0 aliphatic rings. The molecule has 0 amide bonds. The van der Waals surface area contributed by atoms with Gasteiger partial charge in [-0.15, -0.1) is 0 Å². The van der Waals surface area contributed by atoms with Crippen molar-refractivity contribution in [3.05, 3.63) is 54.6 Å². The third-order valence-corrected chi connectivity index (χ3v) is 2.38. The second-order valence-electron chi connectivity index (χ2n) is 3.46. The van der Waals surface area contributed by atoms with E-state index in [2.05, 4.69) is 10.1 Å². The van der Waals surface area contributed by atoms with Crippen molar-refractivity contribution in [2.24, 2.45) is 0 Å². The Bertz CT molecular complexity index is 595. The summed E-state index contributed by atoms with van der Waals surface area (Å²) < 4.78 is 14.5. The number of imidazole rings is 1. The maximum atomic E-state index is 12.8. The van der Waals surface area contributed by atoms with Crippen molar-refractivity contribution in [3.8, 4) is 11.3 Å². The van der Waals surface area contributed by atoms with Crippen LogP contribution in [-0.4, -0.2) is 14.6 Å². The number of nitrogens with zero attached hydrogens (tertiary/aromatic N) is 3. The van der Waals surface area contributed by atoms with Gasteiger partial charge in [-0.05, 0) is 36.4 Å². The molecule has 78 valence electrons. The van der Waals surface area contributed by atoms with Crippen molar-refractivity contribution in [2.75, 3.05) is 0 Å². The number of halogens is 1. The van der Waals surface area contributed by atoms with Crippen LogP contribution in [0.3, 0.4) is 0 Å². The van der Waals surface area contributed by atoms with E-state index in [1.807, 2.05) is 18.3 Å². The molecular formula is C12H8FN3. The van der Waals surface area contributed by atoms with Gasteiger partial charge in [-0.3, -0.25) is 0 Å². The van der Waals surface area contributed by atoms with Crippen molar-refractivity contribution in [1.29, 1.82) is 0 Å². The monoisotopic (exact) mass is 213 g/mol. The summed E-state index contributed by atoms with van der Waals surface area (Å²) in [6.07, 6.45) is 3.52. The van der Waals surface area contributed by atoms with Gasteiger partial charge >= 0.3 is 0 Å². The lowest BCUT2D eigenvalue weighted by atomic mass is 10.2. The summed E-state index contributed by atoms with van der Waals surface area (Å²) in [5.74, 6) is -0.245. The Morgan fingerprint density at radius 3 is 2.62 bits per heavy atom. The summed E-state index contributed by atoms with van der Waals surface area (Å²) in [6, 6.07) is 9.96. The van der Waals surface area contributed by atoms with Crippen molar-refractivity contribution < 1.29 is 4.39 Å². The molecule has 0 bridgehead atoms. The van der Waals surface area contributed by atoms with Crippen molar-refractivity contribution in [2.45, 2.75) is 0 Å². The molecule has 0 spiro atoms. The summed E-state index contributed by atoms with van der Waals surface area (Å²) in [7, 11) is 0. The van der Waals surface area contributed by atoms with Gasteiger partial charge in [0, 0.05) is 11.8 Å². The van der Waals surface area contributed by atoms with Crippen molar-refractivity contribution in [3.63, 3.8) is 0 Å². The van der Waals surface area contributed by atoms with E-state index in [9.17, 15) is 4.39 Å². The zero-order valence-electron chi connectivity index (χ0n) is 8.34. The maximum absolute atomic E-state index is 12.8. The van der Waals surface area contributed by atoms with Crippen LogP contribution in [0.4, 0.5) is 4.39 Å². The highest BCUT2D eigenvalue weighted by Crippen LogP contribution is 2.18. The van der Waals surface area contributed by atoms with Gasteiger partial charge in [-0.1, -0.05) is 0 Å². The van der Waals surface area contributed by atoms with E-state index in [-0.39, 0.29) is 5.82 Å². The van der Waals surface area contributed by atoms with Gasteiger partial charge < -0.3 is 0 Å². The van der Waals surface area contributed by atoms with E-state index in [4.69, 9.17) is 0 Å². The summed E-state index contributed by atoms with van der Waals surface area (Å²) >= 11 is 0. The van der Waals surface area contributed by atoms with Gasteiger partial charge in [0.25, 0.3) is 0 Å². The molecule has 0 radical (unpaired) electrons. The Morgan fingerprint density at radius 2 is 1.88 bits per heavy atom. The summed E-state index contributed by atoms with van der Waals surface area (Å²) in [5, 5.41) is 4.13. The Morgan fingerprint density at radius 1 is 1.06 bits per heavy atom. The number of hydrogen-bond acceptors (Lipinski definition) is 2. The molecule has 1 aromatic carbocycles. The van der Waals surface area contributed by atoms with Crippen LogP contribution in [-0.2, 0) is 0 Å². The van der Waals surface area contributed by atoms with Crippen LogP contribution in [0.5, 0.6) is 0 Å². The molecule has 3 nitrogen and oxygen atoms in total. The predicted octanol–water partition coefficient (Wildman–Crippen LogP) is 2.54. The van der Waals surface area contributed by atoms with E-state index in [1.54, 1.807) is 22.8 Å². The molecule has 2 heterocycles. The highest BCUT2D eigenvalue weighted by Gasteiger charge is 2.04. The second kappa shape index (κ2) is 3.41. The maximum Gasteiger partial charge on any atom is 0.154 e. The van der Waals surface area contributed by atoms with E-state index < -0.39 is 0 Å². The molecule has 0 N–H and O–H groups in total. The Balaban J connectivity index is 2.15. The van der Waals surface area contributed by atoms with E-state index >= 15 is 0 Å². The van der Waals surface area contributed by atoms with E-state index in [0.717, 1.165) is 16.9 Å². The largest absolute Gasteiger partial charge is 0.227 e. The summed E-state index contributed by atoms with van der Waals surface area (Å²) in [6.45, 7) is 0. The molecule has 3 rings (SSSR count). The highest BCUT2D eigenvalue weighted by atomic mass is 19.1. The number of rotatable bonds is 1. The fourth-order valence-electron chi connectivity index (χ4n) is 1.59.